The van der Waals surface area contributed by atoms with Crippen LogP contribution in [0.3, 0.4) is 0 Å². The number of benzene rings is 1. The molecule has 0 unspecified atom stereocenters. The third-order valence-corrected chi connectivity index (χ3v) is 3.67. The van der Waals surface area contributed by atoms with E-state index < -0.39 is 0 Å². The molecule has 2 aromatic rings. The Morgan fingerprint density at radius 3 is 2.64 bits per heavy atom. The van der Waals surface area contributed by atoms with Crippen LogP contribution in [0.15, 0.2) is 34.9 Å². The molecule has 22 heavy (non-hydrogen) atoms. The molecule has 0 aliphatic rings. The molecular weight excluding hydrogens is 304 g/mol. The summed E-state index contributed by atoms with van der Waals surface area (Å²) in [6.45, 7) is 5.01. The molecule has 6 heteroatoms. The van der Waals surface area contributed by atoms with E-state index in [2.05, 4.69) is 10.6 Å². The highest BCUT2D eigenvalue weighted by atomic mass is 35.5. The molecule has 0 atom stereocenters. The van der Waals surface area contributed by atoms with Crippen LogP contribution in [0.5, 0.6) is 5.75 Å². The van der Waals surface area contributed by atoms with Crippen LogP contribution in [0.4, 0.5) is 4.79 Å². The number of nitrogens with one attached hydrogen (secondary N) is 2. The predicted molar refractivity (Wildman–Crippen MR) is 85.4 cm³/mol. The largest absolute Gasteiger partial charge is 0.492 e. The molecule has 2 amide bonds. The number of furan rings is 1. The third-order valence-electron chi connectivity index (χ3n) is 3.07. The standard InChI is InChI=1S/C16H19ClN2O3/c1-11-8-14(9-12(2)15(11)17)22-7-5-18-16(20)19-10-13-4-3-6-21-13/h3-4,6,8-9H,5,7,10H2,1-2H3,(H2,18,19,20). The molecule has 0 spiro atoms. The summed E-state index contributed by atoms with van der Waals surface area (Å²) in [6.07, 6.45) is 1.57. The lowest BCUT2D eigenvalue weighted by molar-refractivity contribution is 0.235. The Morgan fingerprint density at radius 1 is 1.27 bits per heavy atom. The van der Waals surface area contributed by atoms with Crippen LogP contribution in [0.25, 0.3) is 0 Å². The number of rotatable bonds is 6. The van der Waals surface area contributed by atoms with Gasteiger partial charge in [0.25, 0.3) is 0 Å². The van der Waals surface area contributed by atoms with Crippen molar-refractivity contribution < 1.29 is 13.9 Å². The fourth-order valence-electron chi connectivity index (χ4n) is 1.97. The number of ether oxygens (including phenoxy) is 1. The van der Waals surface area contributed by atoms with Gasteiger partial charge in [-0.25, -0.2) is 4.79 Å². The molecule has 1 heterocycles. The van der Waals surface area contributed by atoms with Gasteiger partial charge in [0.15, 0.2) is 0 Å². The highest BCUT2D eigenvalue weighted by Crippen LogP contribution is 2.25. The predicted octanol–water partition coefficient (Wildman–Crippen LogP) is 3.43. The van der Waals surface area contributed by atoms with Crippen molar-refractivity contribution in [3.05, 3.63) is 52.4 Å². The van der Waals surface area contributed by atoms with E-state index >= 15 is 0 Å². The molecule has 1 aromatic carbocycles. The summed E-state index contributed by atoms with van der Waals surface area (Å²) in [4.78, 5) is 11.6. The first kappa shape index (κ1) is 16.2. The normalized spacial score (nSPS) is 10.3. The number of aryl methyl sites for hydroxylation is 2. The van der Waals surface area contributed by atoms with E-state index in [1.54, 1.807) is 18.4 Å². The number of carbonyl (C=O) groups excluding carboxylic acids is 1. The van der Waals surface area contributed by atoms with Crippen LogP contribution in [-0.4, -0.2) is 19.2 Å². The first-order chi connectivity index (χ1) is 10.6. The molecule has 0 aliphatic heterocycles. The maximum Gasteiger partial charge on any atom is 0.315 e. The summed E-state index contributed by atoms with van der Waals surface area (Å²) in [7, 11) is 0. The Bertz CT molecular complexity index is 603. The minimum absolute atomic E-state index is 0.261. The molecule has 5 nitrogen and oxygen atoms in total. The number of hydrogen-bond donors (Lipinski definition) is 2. The molecule has 0 saturated heterocycles. The zero-order chi connectivity index (χ0) is 15.9. The van der Waals surface area contributed by atoms with Gasteiger partial charge in [0.2, 0.25) is 0 Å². The maximum atomic E-state index is 11.6. The first-order valence-electron chi connectivity index (χ1n) is 7.00. The van der Waals surface area contributed by atoms with Gasteiger partial charge >= 0.3 is 6.03 Å². The minimum Gasteiger partial charge on any atom is -0.492 e. The van der Waals surface area contributed by atoms with Crippen molar-refractivity contribution in [1.29, 1.82) is 0 Å². The molecule has 0 radical (unpaired) electrons. The van der Waals surface area contributed by atoms with Crippen LogP contribution in [0.2, 0.25) is 5.02 Å². The maximum absolute atomic E-state index is 11.6. The van der Waals surface area contributed by atoms with Crippen LogP contribution in [-0.2, 0) is 6.54 Å². The zero-order valence-corrected chi connectivity index (χ0v) is 13.4. The number of hydrogen-bond acceptors (Lipinski definition) is 3. The number of carbonyl (C=O) groups is 1. The Labute approximate surface area is 134 Å². The van der Waals surface area contributed by atoms with E-state index in [1.807, 2.05) is 26.0 Å². The zero-order valence-electron chi connectivity index (χ0n) is 12.6. The van der Waals surface area contributed by atoms with Crippen molar-refractivity contribution in [2.45, 2.75) is 20.4 Å². The smallest absolute Gasteiger partial charge is 0.315 e. The summed E-state index contributed by atoms with van der Waals surface area (Å²) in [5.41, 5.74) is 1.95. The summed E-state index contributed by atoms with van der Waals surface area (Å²) in [6, 6.07) is 7.08. The van der Waals surface area contributed by atoms with Crippen molar-refractivity contribution in [3.63, 3.8) is 0 Å². The number of amides is 2. The van der Waals surface area contributed by atoms with Crippen molar-refractivity contribution in [1.82, 2.24) is 10.6 Å². The number of urea groups is 1. The lowest BCUT2D eigenvalue weighted by Gasteiger charge is -2.11. The van der Waals surface area contributed by atoms with Gasteiger partial charge in [-0.2, -0.15) is 0 Å². The van der Waals surface area contributed by atoms with Crippen LogP contribution >= 0.6 is 11.6 Å². The Kier molecular flexibility index (Phi) is 5.72. The summed E-state index contributed by atoms with van der Waals surface area (Å²) >= 11 is 6.10. The molecule has 0 bridgehead atoms. The van der Waals surface area contributed by atoms with E-state index in [4.69, 9.17) is 20.8 Å². The van der Waals surface area contributed by atoms with Crippen LogP contribution < -0.4 is 15.4 Å². The monoisotopic (exact) mass is 322 g/mol. The minimum atomic E-state index is -0.261. The fourth-order valence-corrected chi connectivity index (χ4v) is 2.08. The van der Waals surface area contributed by atoms with Crippen molar-refractivity contribution in [2.24, 2.45) is 0 Å². The van der Waals surface area contributed by atoms with Crippen LogP contribution in [0, 0.1) is 13.8 Å². The molecule has 118 valence electrons. The summed E-state index contributed by atoms with van der Waals surface area (Å²) in [5, 5.41) is 6.16. The SMILES string of the molecule is Cc1cc(OCCNC(=O)NCc2ccco2)cc(C)c1Cl. The van der Waals surface area contributed by atoms with Gasteiger partial charge in [0, 0.05) is 5.02 Å². The Morgan fingerprint density at radius 2 is 2.00 bits per heavy atom. The van der Waals surface area contributed by atoms with Gasteiger partial charge in [0.05, 0.1) is 19.4 Å². The van der Waals surface area contributed by atoms with E-state index in [9.17, 15) is 4.79 Å². The first-order valence-corrected chi connectivity index (χ1v) is 7.37. The molecule has 0 fully saturated rings. The molecule has 2 rings (SSSR count). The lowest BCUT2D eigenvalue weighted by Crippen LogP contribution is -2.37. The molecular formula is C16H19ClN2O3. The molecule has 0 aliphatic carbocycles. The lowest BCUT2D eigenvalue weighted by atomic mass is 10.1. The van der Waals surface area contributed by atoms with E-state index in [0.29, 0.717) is 25.5 Å². The average Bonchev–Trinajstić information content (AvgIpc) is 3.00. The summed E-state index contributed by atoms with van der Waals surface area (Å²) < 4.78 is 10.7. The third kappa shape index (κ3) is 4.70. The van der Waals surface area contributed by atoms with Gasteiger partial charge < -0.3 is 19.8 Å². The van der Waals surface area contributed by atoms with E-state index in [-0.39, 0.29) is 6.03 Å². The van der Waals surface area contributed by atoms with E-state index in [0.717, 1.165) is 21.9 Å². The summed E-state index contributed by atoms with van der Waals surface area (Å²) in [5.74, 6) is 1.45. The quantitative estimate of drug-likeness (QED) is 0.801. The van der Waals surface area contributed by atoms with Gasteiger partial charge in [-0.1, -0.05) is 11.6 Å². The van der Waals surface area contributed by atoms with Gasteiger partial charge in [0.1, 0.15) is 18.1 Å². The second kappa shape index (κ2) is 7.75. The highest BCUT2D eigenvalue weighted by molar-refractivity contribution is 6.32. The second-order valence-corrected chi connectivity index (χ2v) is 5.29. The second-order valence-electron chi connectivity index (χ2n) is 4.91. The number of halogens is 1. The van der Waals surface area contributed by atoms with Crippen molar-refractivity contribution in [3.8, 4) is 5.75 Å². The van der Waals surface area contributed by atoms with E-state index in [1.165, 1.54) is 0 Å². The fraction of sp³-hybridized carbons (Fsp3) is 0.312. The van der Waals surface area contributed by atoms with Gasteiger partial charge in [-0.05, 0) is 49.2 Å². The molecule has 2 N–H and O–H groups in total. The molecule has 1 aromatic heterocycles. The molecule has 0 saturated carbocycles. The highest BCUT2D eigenvalue weighted by Gasteiger charge is 2.04. The van der Waals surface area contributed by atoms with Gasteiger partial charge in [-0.15, -0.1) is 0 Å². The van der Waals surface area contributed by atoms with Crippen molar-refractivity contribution >= 4 is 17.6 Å². The topological polar surface area (TPSA) is 63.5 Å². The van der Waals surface area contributed by atoms with Gasteiger partial charge in [-0.3, -0.25) is 0 Å². The van der Waals surface area contributed by atoms with Crippen LogP contribution in [0.1, 0.15) is 16.9 Å². The Balaban J connectivity index is 1.67. The van der Waals surface area contributed by atoms with Crippen molar-refractivity contribution in [2.75, 3.05) is 13.2 Å². The Hall–Kier alpha value is -2.14. The average molecular weight is 323 g/mol.